The second-order valence-corrected chi connectivity index (χ2v) is 9.96. The van der Waals surface area contributed by atoms with Crippen LogP contribution in [0.2, 0.25) is 0 Å². The molecule has 0 saturated carbocycles. The van der Waals surface area contributed by atoms with E-state index >= 15 is 0 Å². The Bertz CT molecular complexity index is 1470. The van der Waals surface area contributed by atoms with Crippen LogP contribution in [-0.4, -0.2) is 42.3 Å². The maximum atomic E-state index is 14.0. The minimum Gasteiger partial charge on any atom is -0.357 e. The first-order chi connectivity index (χ1) is 18.0. The van der Waals surface area contributed by atoms with Crippen molar-refractivity contribution in [3.63, 3.8) is 0 Å². The maximum Gasteiger partial charge on any atom is 0.259 e. The molecule has 1 aliphatic heterocycles. The molecule has 1 aliphatic rings. The molecule has 1 N–H and O–H groups in total. The first kappa shape index (κ1) is 24.7. The fraction of sp³-hybridized carbons (Fsp3) is 0.167. The summed E-state index contributed by atoms with van der Waals surface area (Å²) in [5.41, 5.74) is 3.14. The average Bonchev–Trinajstić information content (AvgIpc) is 3.19. The van der Waals surface area contributed by atoms with Gasteiger partial charge in [0.15, 0.2) is 0 Å². The van der Waals surface area contributed by atoms with Crippen LogP contribution >= 0.6 is 15.9 Å². The first-order valence-electron chi connectivity index (χ1n) is 12.1. The summed E-state index contributed by atoms with van der Waals surface area (Å²) in [7, 11) is 1.57. The van der Waals surface area contributed by atoms with Crippen LogP contribution in [0.5, 0.6) is 0 Å². The van der Waals surface area contributed by atoms with Gasteiger partial charge in [-0.15, -0.1) is 0 Å². The number of rotatable bonds is 8. The number of carbonyl (C=O) groups is 3. The number of nitrogens with one attached hydrogen (secondary N) is 1. The Hall–Kier alpha value is -3.97. The fourth-order valence-corrected chi connectivity index (χ4v) is 5.13. The van der Waals surface area contributed by atoms with Gasteiger partial charge in [-0.2, -0.15) is 0 Å². The van der Waals surface area contributed by atoms with Gasteiger partial charge in [0.2, 0.25) is 11.8 Å². The van der Waals surface area contributed by atoms with Crippen molar-refractivity contribution in [3.05, 3.63) is 112 Å². The first-order valence-corrected chi connectivity index (χ1v) is 12.9. The molecule has 0 aromatic heterocycles. The maximum absolute atomic E-state index is 14.0. The van der Waals surface area contributed by atoms with Crippen LogP contribution in [0.3, 0.4) is 0 Å². The third-order valence-corrected chi connectivity index (χ3v) is 7.25. The zero-order valence-electron chi connectivity index (χ0n) is 20.4. The molecule has 1 unspecified atom stereocenters. The molecule has 37 heavy (non-hydrogen) atoms. The highest BCUT2D eigenvalue weighted by Gasteiger charge is 2.35. The van der Waals surface area contributed by atoms with Gasteiger partial charge < -0.3 is 10.2 Å². The lowest BCUT2D eigenvalue weighted by Gasteiger charge is -2.32. The summed E-state index contributed by atoms with van der Waals surface area (Å²) < 4.78 is 0.926. The summed E-state index contributed by atoms with van der Waals surface area (Å²) in [4.78, 5) is 43.6. The van der Waals surface area contributed by atoms with Crippen molar-refractivity contribution in [2.75, 3.05) is 18.5 Å². The normalized spacial score (nSPS) is 13.0. The van der Waals surface area contributed by atoms with Crippen molar-refractivity contribution in [3.8, 4) is 0 Å². The van der Waals surface area contributed by atoms with E-state index in [1.54, 1.807) is 18.0 Å². The minimum absolute atomic E-state index is 0.161. The van der Waals surface area contributed by atoms with E-state index in [-0.39, 0.29) is 30.8 Å². The Balaban J connectivity index is 1.50. The van der Waals surface area contributed by atoms with Crippen molar-refractivity contribution < 1.29 is 14.4 Å². The Morgan fingerprint density at radius 3 is 2.30 bits per heavy atom. The van der Waals surface area contributed by atoms with Crippen LogP contribution in [0.4, 0.5) is 5.69 Å². The molecule has 6 nitrogen and oxygen atoms in total. The summed E-state index contributed by atoms with van der Waals surface area (Å²) in [5, 5.41) is 4.54. The van der Waals surface area contributed by atoms with Crippen molar-refractivity contribution in [2.45, 2.75) is 19.0 Å². The zero-order chi connectivity index (χ0) is 25.9. The molecule has 1 heterocycles. The molecule has 3 amide bonds. The van der Waals surface area contributed by atoms with Gasteiger partial charge in [-0.05, 0) is 40.8 Å². The van der Waals surface area contributed by atoms with Gasteiger partial charge in [0.05, 0.1) is 5.69 Å². The summed E-state index contributed by atoms with van der Waals surface area (Å²) >= 11 is 3.45. The Labute approximate surface area is 224 Å². The standard InChI is InChI=1S/C30H26BrN3O3/c1-32-29(36)26(17-20-7-3-2-4-8-20)33(18-21-13-15-23(31)16-14-21)27(35)19-34-25-12-6-10-22-9-5-11-24(28(22)25)30(34)37/h2-16,26H,17-19H2,1H3,(H,32,36). The van der Waals surface area contributed by atoms with Gasteiger partial charge in [-0.1, -0.05) is 82.7 Å². The quantitative estimate of drug-likeness (QED) is 0.334. The molecule has 0 aliphatic carbocycles. The lowest BCUT2D eigenvalue weighted by Crippen LogP contribution is -2.52. The molecule has 4 aromatic carbocycles. The smallest absolute Gasteiger partial charge is 0.259 e. The van der Waals surface area contributed by atoms with Crippen LogP contribution < -0.4 is 10.2 Å². The molecular weight excluding hydrogens is 530 g/mol. The molecule has 0 fully saturated rings. The molecule has 0 radical (unpaired) electrons. The van der Waals surface area contributed by atoms with E-state index in [9.17, 15) is 14.4 Å². The monoisotopic (exact) mass is 555 g/mol. The minimum atomic E-state index is -0.751. The molecule has 186 valence electrons. The number of amides is 3. The lowest BCUT2D eigenvalue weighted by molar-refractivity contribution is -0.140. The third-order valence-electron chi connectivity index (χ3n) is 6.73. The van der Waals surface area contributed by atoms with Crippen molar-refractivity contribution in [2.24, 2.45) is 0 Å². The number of likely N-dealkylation sites (N-methyl/N-ethyl adjacent to an activating group) is 1. The number of hydrogen-bond donors (Lipinski definition) is 1. The summed E-state index contributed by atoms with van der Waals surface area (Å²) in [6, 6.07) is 27.9. The molecule has 1 atom stereocenters. The number of benzene rings is 4. The number of halogens is 1. The van der Waals surface area contributed by atoms with E-state index in [1.807, 2.05) is 84.9 Å². The highest BCUT2D eigenvalue weighted by Crippen LogP contribution is 2.37. The van der Waals surface area contributed by atoms with Gasteiger partial charge in [-0.25, -0.2) is 0 Å². The average molecular weight is 556 g/mol. The second kappa shape index (κ2) is 10.6. The van der Waals surface area contributed by atoms with Gasteiger partial charge in [0.25, 0.3) is 5.91 Å². The SMILES string of the molecule is CNC(=O)C(Cc1ccccc1)N(Cc1ccc(Br)cc1)C(=O)CN1C(=O)c2cccc3cccc1c23. The van der Waals surface area contributed by atoms with Crippen LogP contribution in [0.1, 0.15) is 21.5 Å². The van der Waals surface area contributed by atoms with E-state index in [0.29, 0.717) is 12.0 Å². The fourth-order valence-electron chi connectivity index (χ4n) is 4.87. The van der Waals surface area contributed by atoms with E-state index < -0.39 is 6.04 Å². The van der Waals surface area contributed by atoms with Crippen molar-refractivity contribution in [1.82, 2.24) is 10.2 Å². The summed E-state index contributed by atoms with van der Waals surface area (Å²) in [6.07, 6.45) is 0.354. The lowest BCUT2D eigenvalue weighted by atomic mass is 10.0. The Morgan fingerprint density at radius 1 is 0.892 bits per heavy atom. The van der Waals surface area contributed by atoms with Gasteiger partial charge in [-0.3, -0.25) is 19.3 Å². The van der Waals surface area contributed by atoms with Gasteiger partial charge in [0.1, 0.15) is 12.6 Å². The summed E-state index contributed by atoms with van der Waals surface area (Å²) in [5.74, 6) is -0.763. The van der Waals surface area contributed by atoms with Crippen LogP contribution in [0, 0.1) is 0 Å². The number of carbonyl (C=O) groups excluding carboxylic acids is 3. The van der Waals surface area contributed by atoms with Crippen molar-refractivity contribution >= 4 is 50.1 Å². The van der Waals surface area contributed by atoms with Crippen molar-refractivity contribution in [1.29, 1.82) is 0 Å². The number of anilines is 1. The van der Waals surface area contributed by atoms with Crippen LogP contribution in [0.25, 0.3) is 10.8 Å². The highest BCUT2D eigenvalue weighted by atomic mass is 79.9. The van der Waals surface area contributed by atoms with Gasteiger partial charge in [0, 0.05) is 35.4 Å². The van der Waals surface area contributed by atoms with E-state index in [0.717, 1.165) is 32.1 Å². The van der Waals surface area contributed by atoms with Crippen LogP contribution in [-0.2, 0) is 22.6 Å². The largest absolute Gasteiger partial charge is 0.357 e. The molecular formula is C30H26BrN3O3. The second-order valence-electron chi connectivity index (χ2n) is 9.04. The van der Waals surface area contributed by atoms with E-state index in [1.165, 1.54) is 4.90 Å². The predicted octanol–water partition coefficient (Wildman–Crippen LogP) is 4.95. The molecule has 5 rings (SSSR count). The molecule has 0 bridgehead atoms. The Kier molecular flexibility index (Phi) is 7.06. The number of nitrogens with zero attached hydrogens (tertiary/aromatic N) is 2. The molecule has 7 heteroatoms. The molecule has 4 aromatic rings. The molecule has 0 saturated heterocycles. The number of hydrogen-bond acceptors (Lipinski definition) is 3. The van der Waals surface area contributed by atoms with E-state index in [4.69, 9.17) is 0 Å². The topological polar surface area (TPSA) is 69.7 Å². The van der Waals surface area contributed by atoms with Gasteiger partial charge >= 0.3 is 0 Å². The Morgan fingerprint density at radius 2 is 1.59 bits per heavy atom. The predicted molar refractivity (Wildman–Crippen MR) is 148 cm³/mol. The summed E-state index contributed by atoms with van der Waals surface area (Å²) in [6.45, 7) is 0.0711. The zero-order valence-corrected chi connectivity index (χ0v) is 21.9. The van der Waals surface area contributed by atoms with E-state index in [2.05, 4.69) is 21.2 Å². The highest BCUT2D eigenvalue weighted by molar-refractivity contribution is 9.10. The van der Waals surface area contributed by atoms with Crippen LogP contribution in [0.15, 0.2) is 95.5 Å². The third kappa shape index (κ3) is 5.00. The molecule has 0 spiro atoms.